The Kier molecular flexibility index (Phi) is 3.60. The Morgan fingerprint density at radius 1 is 1.55 bits per heavy atom. The first kappa shape index (κ1) is 13.4. The van der Waals surface area contributed by atoms with Gasteiger partial charge < -0.3 is 25.4 Å². The molecule has 1 aromatic carbocycles. The van der Waals surface area contributed by atoms with E-state index in [1.807, 2.05) is 18.2 Å². The molecule has 1 saturated heterocycles. The maximum Gasteiger partial charge on any atom is 0.246 e. The highest BCUT2D eigenvalue weighted by Crippen LogP contribution is 2.34. The van der Waals surface area contributed by atoms with E-state index in [2.05, 4.69) is 15.5 Å². The number of morpholine rings is 1. The fourth-order valence-corrected chi connectivity index (χ4v) is 2.86. The number of nitrogens with one attached hydrogen (secondary N) is 2. The van der Waals surface area contributed by atoms with Gasteiger partial charge in [-0.25, -0.2) is 0 Å². The number of fused-ring (bicyclic) bond motifs is 1. The fourth-order valence-electron chi connectivity index (χ4n) is 2.86. The highest BCUT2D eigenvalue weighted by atomic mass is 16.5. The number of nitrogens with zero attached hydrogens (tertiary/aromatic N) is 1. The van der Waals surface area contributed by atoms with Crippen LogP contribution >= 0.6 is 0 Å². The van der Waals surface area contributed by atoms with E-state index in [0.717, 1.165) is 23.5 Å². The van der Waals surface area contributed by atoms with Gasteiger partial charge in [0.25, 0.3) is 0 Å². The standard InChI is InChI=1S/C14H19N3O3/c1-15-13-11-3-2-9(6-12(11)16-14(13)19)17-4-5-20-8-10(17)7-18/h2-3,6,10,13,15,18H,4-5,7-8H2,1H3,(H,16,19). The summed E-state index contributed by atoms with van der Waals surface area (Å²) in [5.74, 6) is -0.0275. The summed E-state index contributed by atoms with van der Waals surface area (Å²) in [5.41, 5.74) is 2.81. The van der Waals surface area contributed by atoms with Crippen molar-refractivity contribution in [3.8, 4) is 0 Å². The first-order valence-electron chi connectivity index (χ1n) is 6.82. The predicted octanol–water partition coefficient (Wildman–Crippen LogP) is 0.0967. The summed E-state index contributed by atoms with van der Waals surface area (Å²) in [6.45, 7) is 1.98. The molecule has 3 N–H and O–H groups in total. The van der Waals surface area contributed by atoms with Gasteiger partial charge in [-0.05, 0) is 19.2 Å². The minimum Gasteiger partial charge on any atom is -0.394 e. The zero-order valence-electron chi connectivity index (χ0n) is 11.4. The first-order chi connectivity index (χ1) is 9.74. The van der Waals surface area contributed by atoms with E-state index in [0.29, 0.717) is 13.2 Å². The van der Waals surface area contributed by atoms with Crippen molar-refractivity contribution in [1.82, 2.24) is 5.32 Å². The van der Waals surface area contributed by atoms with E-state index < -0.39 is 0 Å². The Morgan fingerprint density at radius 3 is 3.15 bits per heavy atom. The van der Waals surface area contributed by atoms with E-state index in [1.54, 1.807) is 7.05 Å². The van der Waals surface area contributed by atoms with Gasteiger partial charge in [0.05, 0.1) is 25.9 Å². The lowest BCUT2D eigenvalue weighted by molar-refractivity contribution is -0.117. The second kappa shape index (κ2) is 5.40. The zero-order valence-corrected chi connectivity index (χ0v) is 11.4. The SMILES string of the molecule is CNC1C(=O)Nc2cc(N3CCOCC3CO)ccc21. The molecule has 0 radical (unpaired) electrons. The van der Waals surface area contributed by atoms with Crippen LogP contribution < -0.4 is 15.5 Å². The number of amides is 1. The summed E-state index contributed by atoms with van der Waals surface area (Å²) in [6, 6.07) is 5.63. The number of likely N-dealkylation sites (N-methyl/N-ethyl adjacent to an activating group) is 1. The van der Waals surface area contributed by atoms with E-state index in [1.165, 1.54) is 0 Å². The number of rotatable bonds is 3. The van der Waals surface area contributed by atoms with E-state index in [9.17, 15) is 9.90 Å². The second-order valence-electron chi connectivity index (χ2n) is 5.09. The van der Waals surface area contributed by atoms with E-state index >= 15 is 0 Å². The fraction of sp³-hybridized carbons (Fsp3) is 0.500. The molecule has 1 fully saturated rings. The number of benzene rings is 1. The van der Waals surface area contributed by atoms with Crippen molar-refractivity contribution in [1.29, 1.82) is 0 Å². The van der Waals surface area contributed by atoms with Crippen LogP contribution in [0.4, 0.5) is 11.4 Å². The smallest absolute Gasteiger partial charge is 0.246 e. The maximum absolute atomic E-state index is 11.8. The summed E-state index contributed by atoms with van der Waals surface area (Å²) in [4.78, 5) is 14.0. The lowest BCUT2D eigenvalue weighted by Gasteiger charge is -2.36. The number of aliphatic hydroxyl groups is 1. The second-order valence-corrected chi connectivity index (χ2v) is 5.09. The molecule has 0 spiro atoms. The van der Waals surface area contributed by atoms with Crippen LogP contribution in [0.25, 0.3) is 0 Å². The first-order valence-corrected chi connectivity index (χ1v) is 6.82. The average molecular weight is 277 g/mol. The molecular weight excluding hydrogens is 258 g/mol. The molecule has 2 atom stereocenters. The largest absolute Gasteiger partial charge is 0.394 e. The average Bonchev–Trinajstić information content (AvgIpc) is 2.81. The van der Waals surface area contributed by atoms with Crippen LogP contribution in [-0.2, 0) is 9.53 Å². The Balaban J connectivity index is 1.89. The predicted molar refractivity (Wildman–Crippen MR) is 75.9 cm³/mol. The van der Waals surface area contributed by atoms with Crippen LogP contribution in [-0.4, -0.2) is 50.5 Å². The number of anilines is 2. The molecule has 0 saturated carbocycles. The Bertz CT molecular complexity index is 520. The van der Waals surface area contributed by atoms with Crippen LogP contribution in [0.15, 0.2) is 18.2 Å². The lowest BCUT2D eigenvalue weighted by atomic mass is 10.1. The zero-order chi connectivity index (χ0) is 14.1. The van der Waals surface area contributed by atoms with E-state index in [4.69, 9.17) is 4.74 Å². The number of ether oxygens (including phenoxy) is 1. The summed E-state index contributed by atoms with van der Waals surface area (Å²) in [7, 11) is 1.77. The monoisotopic (exact) mass is 277 g/mol. The van der Waals surface area contributed by atoms with Gasteiger partial charge in [-0.3, -0.25) is 4.79 Å². The Morgan fingerprint density at radius 2 is 2.40 bits per heavy atom. The van der Waals surface area contributed by atoms with Gasteiger partial charge in [0.1, 0.15) is 6.04 Å². The topological polar surface area (TPSA) is 73.8 Å². The Labute approximate surface area is 117 Å². The molecule has 3 rings (SSSR count). The third-order valence-corrected chi connectivity index (χ3v) is 3.93. The van der Waals surface area contributed by atoms with Gasteiger partial charge in [0.2, 0.25) is 5.91 Å². The van der Waals surface area contributed by atoms with Gasteiger partial charge in [0.15, 0.2) is 0 Å². The molecule has 108 valence electrons. The van der Waals surface area contributed by atoms with Crippen molar-refractivity contribution in [2.75, 3.05) is 43.6 Å². The molecule has 2 heterocycles. The number of carbonyl (C=O) groups is 1. The molecule has 6 heteroatoms. The highest BCUT2D eigenvalue weighted by Gasteiger charge is 2.30. The Hall–Kier alpha value is -1.63. The quantitative estimate of drug-likeness (QED) is 0.730. The van der Waals surface area contributed by atoms with Crippen molar-refractivity contribution in [2.45, 2.75) is 12.1 Å². The molecular formula is C14H19N3O3. The van der Waals surface area contributed by atoms with Gasteiger partial charge in [-0.2, -0.15) is 0 Å². The summed E-state index contributed by atoms with van der Waals surface area (Å²) in [6.07, 6.45) is 0. The van der Waals surface area contributed by atoms with Crippen LogP contribution in [0, 0.1) is 0 Å². The minimum absolute atomic E-state index is 0.0275. The summed E-state index contributed by atoms with van der Waals surface area (Å²) in [5, 5.41) is 15.3. The number of hydrogen-bond donors (Lipinski definition) is 3. The minimum atomic E-state index is -0.280. The summed E-state index contributed by atoms with van der Waals surface area (Å²) >= 11 is 0. The molecule has 1 aromatic rings. The third-order valence-electron chi connectivity index (χ3n) is 3.93. The molecule has 1 amide bonds. The molecule has 2 aliphatic rings. The van der Waals surface area contributed by atoms with Crippen molar-refractivity contribution in [3.05, 3.63) is 23.8 Å². The third kappa shape index (κ3) is 2.15. The molecule has 0 bridgehead atoms. The van der Waals surface area contributed by atoms with Crippen molar-refractivity contribution >= 4 is 17.3 Å². The van der Waals surface area contributed by atoms with Gasteiger partial charge in [0, 0.05) is 23.5 Å². The number of aliphatic hydroxyl groups excluding tert-OH is 1. The number of carbonyl (C=O) groups excluding carboxylic acids is 1. The van der Waals surface area contributed by atoms with Crippen LogP contribution in [0.1, 0.15) is 11.6 Å². The van der Waals surface area contributed by atoms with Gasteiger partial charge in [-0.15, -0.1) is 0 Å². The lowest BCUT2D eigenvalue weighted by Crippen LogP contribution is -2.47. The molecule has 0 aromatic heterocycles. The highest BCUT2D eigenvalue weighted by molar-refractivity contribution is 6.03. The molecule has 2 aliphatic heterocycles. The van der Waals surface area contributed by atoms with Crippen molar-refractivity contribution in [2.24, 2.45) is 0 Å². The van der Waals surface area contributed by atoms with Gasteiger partial charge >= 0.3 is 0 Å². The molecule has 6 nitrogen and oxygen atoms in total. The molecule has 0 aliphatic carbocycles. The van der Waals surface area contributed by atoms with Gasteiger partial charge in [-0.1, -0.05) is 6.07 Å². The van der Waals surface area contributed by atoms with E-state index in [-0.39, 0.29) is 24.6 Å². The van der Waals surface area contributed by atoms with Crippen LogP contribution in [0.2, 0.25) is 0 Å². The maximum atomic E-state index is 11.8. The summed E-state index contributed by atoms with van der Waals surface area (Å²) < 4.78 is 5.39. The normalized spacial score (nSPS) is 25.5. The molecule has 2 unspecified atom stereocenters. The van der Waals surface area contributed by atoms with Crippen molar-refractivity contribution < 1.29 is 14.6 Å². The van der Waals surface area contributed by atoms with Crippen molar-refractivity contribution in [3.63, 3.8) is 0 Å². The molecule has 20 heavy (non-hydrogen) atoms. The van der Waals surface area contributed by atoms with Crippen LogP contribution in [0.3, 0.4) is 0 Å². The van der Waals surface area contributed by atoms with Crippen LogP contribution in [0.5, 0.6) is 0 Å². The number of hydrogen-bond acceptors (Lipinski definition) is 5.